The van der Waals surface area contributed by atoms with Gasteiger partial charge in [0.2, 0.25) is 5.91 Å². The second-order valence-electron chi connectivity index (χ2n) is 8.10. The summed E-state index contributed by atoms with van der Waals surface area (Å²) in [6, 6.07) is 0.285. The molecule has 2 N–H and O–H groups in total. The normalized spacial score (nSPS) is 18.4. The number of nitrogens with two attached hydrogens (primary N) is 1. The van der Waals surface area contributed by atoms with Crippen molar-refractivity contribution in [2.24, 2.45) is 0 Å². The molecule has 0 spiro atoms. The third-order valence-electron chi connectivity index (χ3n) is 5.71. The highest BCUT2D eigenvalue weighted by Gasteiger charge is 2.32. The van der Waals surface area contributed by atoms with E-state index < -0.39 is 0 Å². The van der Waals surface area contributed by atoms with Gasteiger partial charge in [-0.15, -0.1) is 0 Å². The molecule has 0 bridgehead atoms. The summed E-state index contributed by atoms with van der Waals surface area (Å²) in [5, 5.41) is 0. The van der Waals surface area contributed by atoms with Crippen LogP contribution in [-0.4, -0.2) is 53.1 Å². The zero-order chi connectivity index (χ0) is 19.9. The minimum atomic E-state index is 0.0347. The van der Waals surface area contributed by atoms with Gasteiger partial charge in [-0.1, -0.05) is 26.2 Å². The maximum absolute atomic E-state index is 12.5. The van der Waals surface area contributed by atoms with E-state index in [2.05, 4.69) is 21.8 Å². The number of unbranched alkanes of at least 4 members (excludes halogenated alkanes) is 2. The molecule has 7 heteroatoms. The summed E-state index contributed by atoms with van der Waals surface area (Å²) in [6.45, 7) is 8.40. The fourth-order valence-electron chi connectivity index (χ4n) is 4.03. The molecular weight excluding hydrogens is 354 g/mol. The zero-order valence-electron chi connectivity index (χ0n) is 17.5. The second-order valence-corrected chi connectivity index (χ2v) is 8.10. The van der Waals surface area contributed by atoms with Gasteiger partial charge in [0.05, 0.1) is 12.5 Å². The second kappa shape index (κ2) is 10.0. The Morgan fingerprint density at radius 2 is 1.86 bits per heavy atom. The molecule has 0 saturated carbocycles. The number of hydrogen-bond donors (Lipinski definition) is 1. The molecule has 1 atom stereocenters. The zero-order valence-corrected chi connectivity index (χ0v) is 17.5. The van der Waals surface area contributed by atoms with Crippen LogP contribution in [0.1, 0.15) is 70.8 Å². The summed E-state index contributed by atoms with van der Waals surface area (Å²) in [4.78, 5) is 25.6. The van der Waals surface area contributed by atoms with Crippen molar-refractivity contribution >= 4 is 17.5 Å². The number of carbonyl (C=O) groups excluding carboxylic acids is 1. The van der Waals surface area contributed by atoms with Crippen LogP contribution >= 0.6 is 0 Å². The minimum Gasteiger partial charge on any atom is -0.460 e. The van der Waals surface area contributed by atoms with Crippen molar-refractivity contribution in [1.82, 2.24) is 14.9 Å². The number of rotatable bonds is 10. The molecule has 0 unspecified atom stereocenters. The molecule has 28 heavy (non-hydrogen) atoms. The van der Waals surface area contributed by atoms with Crippen molar-refractivity contribution in [2.45, 2.75) is 77.7 Å². The lowest BCUT2D eigenvalue weighted by Gasteiger charge is -2.26. The van der Waals surface area contributed by atoms with E-state index in [4.69, 9.17) is 10.5 Å². The first-order valence-electron chi connectivity index (χ1n) is 10.9. The van der Waals surface area contributed by atoms with E-state index in [-0.39, 0.29) is 18.0 Å². The predicted octanol–water partition coefficient (Wildman–Crippen LogP) is 3.17. The summed E-state index contributed by atoms with van der Waals surface area (Å²) in [5.74, 6) is 1.07. The average Bonchev–Trinajstić information content (AvgIpc) is 3.00. The maximum atomic E-state index is 12.5. The Balaban J connectivity index is 1.57. The van der Waals surface area contributed by atoms with Gasteiger partial charge in [0, 0.05) is 12.1 Å². The first-order valence-corrected chi connectivity index (χ1v) is 10.9. The number of likely N-dealkylation sites (tertiary alicyclic amines) is 1. The summed E-state index contributed by atoms with van der Waals surface area (Å²) in [5.41, 5.74) is 6.85. The van der Waals surface area contributed by atoms with Crippen molar-refractivity contribution in [3.05, 3.63) is 5.56 Å². The van der Waals surface area contributed by atoms with Crippen LogP contribution in [0.25, 0.3) is 0 Å². The van der Waals surface area contributed by atoms with Gasteiger partial charge < -0.3 is 15.4 Å². The Hall–Kier alpha value is -1.89. The number of aromatic nitrogens is 2. The van der Waals surface area contributed by atoms with E-state index in [0.29, 0.717) is 24.6 Å². The van der Waals surface area contributed by atoms with E-state index in [1.807, 2.05) is 6.92 Å². The Bertz CT molecular complexity index is 660. The highest BCUT2D eigenvalue weighted by atomic mass is 16.5. The molecular formula is C21H35N5O2. The third kappa shape index (κ3) is 5.34. The van der Waals surface area contributed by atoms with Crippen LogP contribution in [0.4, 0.5) is 11.6 Å². The predicted molar refractivity (Wildman–Crippen MR) is 112 cm³/mol. The molecule has 3 rings (SSSR count). The molecule has 0 radical (unpaired) electrons. The fraction of sp³-hybridized carbons (Fsp3) is 0.762. The van der Waals surface area contributed by atoms with Crippen molar-refractivity contribution < 1.29 is 9.53 Å². The van der Waals surface area contributed by atoms with Crippen molar-refractivity contribution in [3.8, 4) is 6.01 Å². The summed E-state index contributed by atoms with van der Waals surface area (Å²) < 4.78 is 5.86. The number of carbonyl (C=O) groups is 1. The average molecular weight is 390 g/mol. The third-order valence-corrected chi connectivity index (χ3v) is 5.71. The number of hydrogen-bond acceptors (Lipinski definition) is 6. The molecule has 0 aliphatic carbocycles. The SMILES string of the molecule is CCCC[C@H](C)Oc1nc(N)c2c(n1)N(CCCCN1CCCCC1)C(=O)C2. The highest BCUT2D eigenvalue weighted by molar-refractivity contribution is 6.01. The number of anilines is 2. The van der Waals surface area contributed by atoms with Crippen LogP contribution < -0.4 is 15.4 Å². The van der Waals surface area contributed by atoms with Gasteiger partial charge >= 0.3 is 6.01 Å². The topological polar surface area (TPSA) is 84.6 Å². The Labute approximate surface area is 168 Å². The summed E-state index contributed by atoms with van der Waals surface area (Å²) in [6.07, 6.45) is 9.55. The van der Waals surface area contributed by atoms with E-state index >= 15 is 0 Å². The monoisotopic (exact) mass is 389 g/mol. The van der Waals surface area contributed by atoms with Crippen LogP contribution in [-0.2, 0) is 11.2 Å². The molecule has 2 aliphatic heterocycles. The number of nitrogens with zero attached hydrogens (tertiary/aromatic N) is 4. The van der Waals surface area contributed by atoms with Crippen molar-refractivity contribution in [1.29, 1.82) is 0 Å². The van der Waals surface area contributed by atoms with E-state index in [1.165, 1.54) is 32.4 Å². The number of nitrogen functional groups attached to an aromatic ring is 1. The van der Waals surface area contributed by atoms with Gasteiger partial charge in [0.1, 0.15) is 11.6 Å². The van der Waals surface area contributed by atoms with E-state index in [9.17, 15) is 4.79 Å². The first-order chi connectivity index (χ1) is 13.6. The number of piperidine rings is 1. The highest BCUT2D eigenvalue weighted by Crippen LogP contribution is 2.32. The molecule has 7 nitrogen and oxygen atoms in total. The van der Waals surface area contributed by atoms with E-state index in [1.54, 1.807) is 4.90 Å². The molecule has 1 saturated heterocycles. The maximum Gasteiger partial charge on any atom is 0.320 e. The number of amides is 1. The largest absolute Gasteiger partial charge is 0.460 e. The van der Waals surface area contributed by atoms with Gasteiger partial charge in [-0.3, -0.25) is 9.69 Å². The van der Waals surface area contributed by atoms with Crippen LogP contribution in [0, 0.1) is 0 Å². The lowest BCUT2D eigenvalue weighted by atomic mass is 10.1. The quantitative estimate of drug-likeness (QED) is 0.619. The van der Waals surface area contributed by atoms with Crippen molar-refractivity contribution in [3.63, 3.8) is 0 Å². The number of fused-ring (bicyclic) bond motifs is 1. The summed E-state index contributed by atoms with van der Waals surface area (Å²) >= 11 is 0. The standard InChI is InChI=1S/C21H35N5O2/c1-3-4-10-16(2)28-21-23-19(22)17-15-18(27)26(20(17)24-21)14-9-8-13-25-11-6-5-7-12-25/h16H,3-15H2,1-2H3,(H2,22,23,24)/t16-/m0/s1. The van der Waals surface area contributed by atoms with Crippen LogP contribution in [0.5, 0.6) is 6.01 Å². The van der Waals surface area contributed by atoms with Gasteiger partial charge in [0.25, 0.3) is 0 Å². The molecule has 3 heterocycles. The lowest BCUT2D eigenvalue weighted by molar-refractivity contribution is -0.117. The molecule has 156 valence electrons. The van der Waals surface area contributed by atoms with Crippen LogP contribution in [0.15, 0.2) is 0 Å². The summed E-state index contributed by atoms with van der Waals surface area (Å²) in [7, 11) is 0. The fourth-order valence-corrected chi connectivity index (χ4v) is 4.03. The molecule has 1 amide bonds. The molecule has 0 aromatic carbocycles. The first kappa shape index (κ1) is 20.8. The van der Waals surface area contributed by atoms with E-state index in [0.717, 1.165) is 44.2 Å². The van der Waals surface area contributed by atoms with Gasteiger partial charge in [0.15, 0.2) is 0 Å². The number of ether oxygens (including phenoxy) is 1. The lowest BCUT2D eigenvalue weighted by Crippen LogP contribution is -2.32. The van der Waals surface area contributed by atoms with Crippen LogP contribution in [0.2, 0.25) is 0 Å². The van der Waals surface area contributed by atoms with Crippen molar-refractivity contribution in [2.75, 3.05) is 36.8 Å². The molecule has 1 aromatic heterocycles. The Kier molecular flexibility index (Phi) is 7.48. The molecule has 1 fully saturated rings. The molecule has 1 aromatic rings. The minimum absolute atomic E-state index is 0.0347. The smallest absolute Gasteiger partial charge is 0.320 e. The van der Waals surface area contributed by atoms with Gasteiger partial charge in [-0.25, -0.2) is 0 Å². The Morgan fingerprint density at radius 3 is 2.61 bits per heavy atom. The Morgan fingerprint density at radius 1 is 1.11 bits per heavy atom. The van der Waals surface area contributed by atoms with Gasteiger partial charge in [-0.05, 0) is 58.7 Å². The molecule has 2 aliphatic rings. The van der Waals surface area contributed by atoms with Crippen LogP contribution in [0.3, 0.4) is 0 Å². The van der Waals surface area contributed by atoms with Gasteiger partial charge in [-0.2, -0.15) is 9.97 Å².